The van der Waals surface area contributed by atoms with Crippen LogP contribution in [0.3, 0.4) is 0 Å². The highest BCUT2D eigenvalue weighted by Gasteiger charge is 2.25. The maximum Gasteiger partial charge on any atom is 0.243 e. The van der Waals surface area contributed by atoms with Gasteiger partial charge in [-0.25, -0.2) is 5.10 Å². The molecule has 1 aliphatic rings. The zero-order chi connectivity index (χ0) is 9.97. The SMILES string of the molecule is Nc1nc(NCC(O)C2CCC2)n[nH]1. The molecule has 0 bridgehead atoms. The largest absolute Gasteiger partial charge is 0.391 e. The Hall–Kier alpha value is -1.30. The van der Waals surface area contributed by atoms with Crippen LogP contribution in [0.2, 0.25) is 0 Å². The minimum atomic E-state index is -0.302. The fourth-order valence-corrected chi connectivity index (χ4v) is 1.54. The summed E-state index contributed by atoms with van der Waals surface area (Å²) in [6.07, 6.45) is 3.18. The molecule has 0 amide bonds. The first kappa shape index (κ1) is 9.26. The van der Waals surface area contributed by atoms with E-state index in [1.54, 1.807) is 0 Å². The lowest BCUT2D eigenvalue weighted by Gasteiger charge is -2.30. The summed E-state index contributed by atoms with van der Waals surface area (Å²) in [5.74, 6) is 1.17. The number of aromatic amines is 1. The van der Waals surface area contributed by atoms with Crippen molar-refractivity contribution in [2.24, 2.45) is 5.92 Å². The standard InChI is InChI=1S/C8H15N5O/c9-7-11-8(13-12-7)10-4-6(14)5-2-1-3-5/h5-6,14H,1-4H2,(H4,9,10,11,12,13). The Kier molecular flexibility index (Phi) is 2.53. The van der Waals surface area contributed by atoms with E-state index in [-0.39, 0.29) is 12.1 Å². The molecule has 2 rings (SSSR count). The van der Waals surface area contributed by atoms with Gasteiger partial charge in [-0.15, -0.1) is 5.10 Å². The van der Waals surface area contributed by atoms with Gasteiger partial charge >= 0.3 is 0 Å². The van der Waals surface area contributed by atoms with E-state index in [0.29, 0.717) is 18.4 Å². The van der Waals surface area contributed by atoms with E-state index in [1.165, 1.54) is 6.42 Å². The van der Waals surface area contributed by atoms with Crippen molar-refractivity contribution in [3.05, 3.63) is 0 Å². The predicted octanol–water partition coefficient (Wildman–Crippen LogP) is -0.0402. The van der Waals surface area contributed by atoms with Crippen molar-refractivity contribution in [2.45, 2.75) is 25.4 Å². The van der Waals surface area contributed by atoms with Crippen molar-refractivity contribution in [3.8, 4) is 0 Å². The molecule has 1 aliphatic carbocycles. The number of H-pyrrole nitrogens is 1. The lowest BCUT2D eigenvalue weighted by Crippen LogP contribution is -2.32. The lowest BCUT2D eigenvalue weighted by atomic mass is 9.81. The number of nitrogen functional groups attached to an aromatic ring is 1. The molecule has 1 saturated carbocycles. The van der Waals surface area contributed by atoms with Crippen molar-refractivity contribution in [1.29, 1.82) is 0 Å². The van der Waals surface area contributed by atoms with Crippen LogP contribution < -0.4 is 11.1 Å². The van der Waals surface area contributed by atoms with Gasteiger partial charge in [0.05, 0.1) is 6.10 Å². The van der Waals surface area contributed by atoms with Crippen LogP contribution in [0, 0.1) is 5.92 Å². The molecule has 1 fully saturated rings. The number of nitrogens with two attached hydrogens (primary N) is 1. The summed E-state index contributed by atoms with van der Waals surface area (Å²) in [4.78, 5) is 3.87. The van der Waals surface area contributed by atoms with Crippen molar-refractivity contribution in [1.82, 2.24) is 15.2 Å². The van der Waals surface area contributed by atoms with E-state index < -0.39 is 0 Å². The van der Waals surface area contributed by atoms with Gasteiger partial charge in [0.2, 0.25) is 11.9 Å². The number of hydrogen-bond acceptors (Lipinski definition) is 5. The molecule has 1 heterocycles. The zero-order valence-electron chi connectivity index (χ0n) is 7.90. The molecule has 1 aromatic heterocycles. The molecule has 0 spiro atoms. The second kappa shape index (κ2) is 3.83. The summed E-state index contributed by atoms with van der Waals surface area (Å²) < 4.78 is 0. The lowest BCUT2D eigenvalue weighted by molar-refractivity contribution is 0.0728. The van der Waals surface area contributed by atoms with E-state index in [9.17, 15) is 5.11 Å². The van der Waals surface area contributed by atoms with Gasteiger partial charge in [-0.1, -0.05) is 6.42 Å². The number of aliphatic hydroxyl groups excluding tert-OH is 1. The van der Waals surface area contributed by atoms with Crippen LogP contribution in [0.25, 0.3) is 0 Å². The molecule has 0 aromatic carbocycles. The van der Waals surface area contributed by atoms with Gasteiger partial charge in [-0.2, -0.15) is 4.98 Å². The van der Waals surface area contributed by atoms with Crippen LogP contribution in [-0.4, -0.2) is 32.9 Å². The average molecular weight is 197 g/mol. The van der Waals surface area contributed by atoms with E-state index in [1.807, 2.05) is 0 Å². The van der Waals surface area contributed by atoms with E-state index in [0.717, 1.165) is 12.8 Å². The molecule has 1 atom stereocenters. The van der Waals surface area contributed by atoms with Gasteiger partial charge in [-0.3, -0.25) is 0 Å². The quantitative estimate of drug-likeness (QED) is 0.542. The summed E-state index contributed by atoms with van der Waals surface area (Å²) in [5.41, 5.74) is 5.35. The van der Waals surface area contributed by atoms with Gasteiger partial charge in [-0.05, 0) is 18.8 Å². The third kappa shape index (κ3) is 1.95. The Morgan fingerprint density at radius 1 is 1.64 bits per heavy atom. The highest BCUT2D eigenvalue weighted by atomic mass is 16.3. The van der Waals surface area contributed by atoms with Crippen molar-refractivity contribution >= 4 is 11.9 Å². The monoisotopic (exact) mass is 197 g/mol. The first-order valence-electron chi connectivity index (χ1n) is 4.85. The van der Waals surface area contributed by atoms with Crippen LogP contribution in [0.1, 0.15) is 19.3 Å². The minimum absolute atomic E-state index is 0.283. The second-order valence-corrected chi connectivity index (χ2v) is 3.68. The van der Waals surface area contributed by atoms with Crippen LogP contribution in [0.15, 0.2) is 0 Å². The number of anilines is 2. The van der Waals surface area contributed by atoms with Gasteiger partial charge in [0.1, 0.15) is 0 Å². The second-order valence-electron chi connectivity index (χ2n) is 3.68. The Balaban J connectivity index is 1.76. The van der Waals surface area contributed by atoms with E-state index in [2.05, 4.69) is 20.5 Å². The fourth-order valence-electron chi connectivity index (χ4n) is 1.54. The first-order chi connectivity index (χ1) is 6.75. The Bertz CT molecular complexity index is 296. The summed E-state index contributed by atoms with van der Waals surface area (Å²) in [7, 11) is 0. The fraction of sp³-hybridized carbons (Fsp3) is 0.750. The van der Waals surface area contributed by atoms with Gasteiger partial charge < -0.3 is 16.2 Å². The number of aliphatic hydroxyl groups is 1. The Morgan fingerprint density at radius 2 is 2.43 bits per heavy atom. The normalized spacial score (nSPS) is 18.9. The molecule has 78 valence electrons. The topological polar surface area (TPSA) is 99.8 Å². The Labute approximate surface area is 81.9 Å². The van der Waals surface area contributed by atoms with Crippen molar-refractivity contribution in [3.63, 3.8) is 0 Å². The number of rotatable bonds is 4. The van der Waals surface area contributed by atoms with Gasteiger partial charge in [0, 0.05) is 6.54 Å². The number of hydrogen-bond donors (Lipinski definition) is 4. The number of nitrogens with zero attached hydrogens (tertiary/aromatic N) is 2. The molecule has 6 nitrogen and oxygen atoms in total. The zero-order valence-corrected chi connectivity index (χ0v) is 7.90. The van der Waals surface area contributed by atoms with Gasteiger partial charge in [0.15, 0.2) is 0 Å². The highest BCUT2D eigenvalue weighted by Crippen LogP contribution is 2.29. The molecular formula is C8H15N5O. The minimum Gasteiger partial charge on any atom is -0.391 e. The molecule has 1 aromatic rings. The number of nitrogens with one attached hydrogen (secondary N) is 2. The molecule has 6 heteroatoms. The summed E-state index contributed by atoms with van der Waals surface area (Å²) >= 11 is 0. The van der Waals surface area contributed by atoms with Crippen molar-refractivity contribution in [2.75, 3.05) is 17.6 Å². The predicted molar refractivity (Wildman–Crippen MR) is 52.6 cm³/mol. The van der Waals surface area contributed by atoms with E-state index >= 15 is 0 Å². The van der Waals surface area contributed by atoms with Crippen LogP contribution in [0.5, 0.6) is 0 Å². The summed E-state index contributed by atoms with van der Waals surface area (Å²) in [6, 6.07) is 0. The van der Waals surface area contributed by atoms with Crippen molar-refractivity contribution < 1.29 is 5.11 Å². The number of aromatic nitrogens is 3. The summed E-state index contributed by atoms with van der Waals surface area (Å²) in [6.45, 7) is 0.488. The molecule has 0 radical (unpaired) electrons. The Morgan fingerprint density at radius 3 is 2.93 bits per heavy atom. The maximum absolute atomic E-state index is 9.68. The van der Waals surface area contributed by atoms with Crippen LogP contribution >= 0.6 is 0 Å². The average Bonchev–Trinajstić information content (AvgIpc) is 2.45. The molecule has 0 saturated heterocycles. The summed E-state index contributed by atoms with van der Waals surface area (Å²) in [5, 5.41) is 18.9. The van der Waals surface area contributed by atoms with Crippen LogP contribution in [0.4, 0.5) is 11.9 Å². The maximum atomic E-state index is 9.68. The molecule has 14 heavy (non-hydrogen) atoms. The third-order valence-corrected chi connectivity index (χ3v) is 2.67. The molecule has 1 unspecified atom stereocenters. The molecule has 0 aliphatic heterocycles. The molecular weight excluding hydrogens is 182 g/mol. The van der Waals surface area contributed by atoms with Crippen LogP contribution in [-0.2, 0) is 0 Å². The first-order valence-corrected chi connectivity index (χ1v) is 4.85. The smallest absolute Gasteiger partial charge is 0.243 e. The van der Waals surface area contributed by atoms with Gasteiger partial charge in [0.25, 0.3) is 0 Å². The highest BCUT2D eigenvalue weighted by molar-refractivity contribution is 5.29. The third-order valence-electron chi connectivity index (χ3n) is 2.67. The van der Waals surface area contributed by atoms with E-state index in [4.69, 9.17) is 5.73 Å². The molecule has 5 N–H and O–H groups in total.